The topological polar surface area (TPSA) is 102 Å². The normalized spacial score (nSPS) is 10.5. The first kappa shape index (κ1) is 11.1. The van der Waals surface area contributed by atoms with Crippen LogP contribution in [0.2, 0.25) is 0 Å². The van der Waals surface area contributed by atoms with Gasteiger partial charge in [-0.1, -0.05) is 5.16 Å². The third kappa shape index (κ3) is 2.26. The molecule has 2 aromatic rings. The van der Waals surface area contributed by atoms with Crippen LogP contribution in [0.4, 0.5) is 10.1 Å². The van der Waals surface area contributed by atoms with Gasteiger partial charge in [-0.25, -0.2) is 4.39 Å². The van der Waals surface area contributed by atoms with Crippen LogP contribution in [0.15, 0.2) is 22.7 Å². The van der Waals surface area contributed by atoms with Gasteiger partial charge in [0.1, 0.15) is 12.4 Å². The maximum absolute atomic E-state index is 13.1. The van der Waals surface area contributed by atoms with Gasteiger partial charge in [-0.2, -0.15) is 4.98 Å². The van der Waals surface area contributed by atoms with E-state index in [1.165, 1.54) is 0 Å². The number of aliphatic hydroxyl groups excluding tert-OH is 1. The fourth-order valence-electron chi connectivity index (χ4n) is 1.24. The molecule has 0 atom stereocenters. The molecular weight excluding hydrogens is 233 g/mol. The van der Waals surface area contributed by atoms with Gasteiger partial charge >= 0.3 is 0 Å². The number of rotatable bonds is 3. The Balaban J connectivity index is 2.47. The lowest BCUT2D eigenvalue weighted by Gasteiger charge is -1.96. The number of hydrogen-bond donors (Lipinski definition) is 1. The molecule has 1 N–H and O–H groups in total. The average Bonchev–Trinajstić information content (AvgIpc) is 2.76. The molecule has 0 radical (unpaired) electrons. The van der Waals surface area contributed by atoms with Crippen molar-refractivity contribution in [2.24, 2.45) is 0 Å². The summed E-state index contributed by atoms with van der Waals surface area (Å²) in [6.07, 6.45) is 0. The molecule has 0 bridgehead atoms. The first-order valence-electron chi connectivity index (χ1n) is 4.49. The van der Waals surface area contributed by atoms with Crippen LogP contribution in [-0.2, 0) is 6.61 Å². The first-order chi connectivity index (χ1) is 8.10. The van der Waals surface area contributed by atoms with Crippen LogP contribution in [0.3, 0.4) is 0 Å². The molecule has 0 amide bonds. The number of aromatic nitrogens is 2. The van der Waals surface area contributed by atoms with Crippen molar-refractivity contribution in [3.05, 3.63) is 40.0 Å². The lowest BCUT2D eigenvalue weighted by atomic mass is 10.2. The van der Waals surface area contributed by atoms with Gasteiger partial charge in [-0.3, -0.25) is 10.1 Å². The minimum absolute atomic E-state index is 0.0203. The van der Waals surface area contributed by atoms with Crippen LogP contribution < -0.4 is 0 Å². The maximum atomic E-state index is 13.1. The Morgan fingerprint density at radius 1 is 1.47 bits per heavy atom. The van der Waals surface area contributed by atoms with Crippen molar-refractivity contribution in [3.63, 3.8) is 0 Å². The molecule has 17 heavy (non-hydrogen) atoms. The summed E-state index contributed by atoms with van der Waals surface area (Å²) in [4.78, 5) is 13.5. The second kappa shape index (κ2) is 4.26. The van der Waals surface area contributed by atoms with Gasteiger partial charge < -0.3 is 9.63 Å². The lowest BCUT2D eigenvalue weighted by molar-refractivity contribution is -0.385. The molecule has 2 rings (SSSR count). The molecule has 0 aliphatic heterocycles. The molecule has 0 unspecified atom stereocenters. The number of hydrogen-bond acceptors (Lipinski definition) is 6. The molecule has 0 saturated carbocycles. The van der Waals surface area contributed by atoms with Gasteiger partial charge in [0.25, 0.3) is 11.6 Å². The molecule has 1 heterocycles. The maximum Gasteiger partial charge on any atom is 0.273 e. The Morgan fingerprint density at radius 3 is 2.82 bits per heavy atom. The van der Waals surface area contributed by atoms with Gasteiger partial charge in [0.2, 0.25) is 0 Å². The summed E-state index contributed by atoms with van der Waals surface area (Å²) in [6, 6.07) is 2.92. The van der Waals surface area contributed by atoms with Crippen molar-refractivity contribution in [3.8, 4) is 11.5 Å². The van der Waals surface area contributed by atoms with Crippen molar-refractivity contribution in [1.29, 1.82) is 0 Å². The summed E-state index contributed by atoms with van der Waals surface area (Å²) < 4.78 is 17.8. The number of nitro groups is 1. The lowest BCUT2D eigenvalue weighted by Crippen LogP contribution is -1.91. The summed E-state index contributed by atoms with van der Waals surface area (Å²) in [5.74, 6) is -0.846. The van der Waals surface area contributed by atoms with Gasteiger partial charge in [-0.15, -0.1) is 0 Å². The molecular formula is C9H6FN3O4. The molecule has 0 fully saturated rings. The zero-order chi connectivity index (χ0) is 12.4. The van der Waals surface area contributed by atoms with Crippen LogP contribution in [0.1, 0.15) is 5.82 Å². The molecule has 0 aliphatic rings. The molecule has 88 valence electrons. The fourth-order valence-corrected chi connectivity index (χ4v) is 1.24. The molecule has 1 aromatic carbocycles. The second-order valence-electron chi connectivity index (χ2n) is 3.13. The zero-order valence-corrected chi connectivity index (χ0v) is 8.33. The van der Waals surface area contributed by atoms with Crippen LogP contribution in [0.5, 0.6) is 0 Å². The van der Waals surface area contributed by atoms with E-state index < -0.39 is 23.0 Å². The van der Waals surface area contributed by atoms with Crippen molar-refractivity contribution in [2.75, 3.05) is 0 Å². The average molecular weight is 239 g/mol. The predicted octanol–water partition coefficient (Wildman–Crippen LogP) is 1.28. The van der Waals surface area contributed by atoms with Crippen LogP contribution in [0.25, 0.3) is 11.5 Å². The number of aliphatic hydroxyl groups is 1. The smallest absolute Gasteiger partial charge is 0.273 e. The quantitative estimate of drug-likeness (QED) is 0.639. The van der Waals surface area contributed by atoms with Gasteiger partial charge in [0.15, 0.2) is 5.82 Å². The first-order valence-corrected chi connectivity index (χ1v) is 4.49. The van der Waals surface area contributed by atoms with Crippen LogP contribution in [-0.4, -0.2) is 20.2 Å². The zero-order valence-electron chi connectivity index (χ0n) is 8.33. The monoisotopic (exact) mass is 239 g/mol. The minimum Gasteiger partial charge on any atom is -0.388 e. The van der Waals surface area contributed by atoms with Crippen molar-refractivity contribution >= 4 is 5.69 Å². The van der Waals surface area contributed by atoms with Crippen molar-refractivity contribution in [1.82, 2.24) is 10.1 Å². The Labute approximate surface area is 93.7 Å². The number of halogens is 1. The summed E-state index contributed by atoms with van der Waals surface area (Å²) in [6.45, 7) is -0.430. The number of benzene rings is 1. The SMILES string of the molecule is O=[N+]([O-])c1cc(F)cc(-c2nc(CO)no2)c1. The highest BCUT2D eigenvalue weighted by Crippen LogP contribution is 2.24. The molecule has 0 aliphatic carbocycles. The van der Waals surface area contributed by atoms with E-state index in [2.05, 4.69) is 10.1 Å². The Kier molecular flexibility index (Phi) is 2.79. The van der Waals surface area contributed by atoms with E-state index >= 15 is 0 Å². The second-order valence-corrected chi connectivity index (χ2v) is 3.13. The highest BCUT2D eigenvalue weighted by molar-refractivity contribution is 5.57. The van der Waals surface area contributed by atoms with Crippen LogP contribution in [0, 0.1) is 15.9 Å². The van der Waals surface area contributed by atoms with E-state index in [1.54, 1.807) is 0 Å². The van der Waals surface area contributed by atoms with Gasteiger partial charge in [0.05, 0.1) is 11.0 Å². The van der Waals surface area contributed by atoms with E-state index in [9.17, 15) is 14.5 Å². The highest BCUT2D eigenvalue weighted by atomic mass is 19.1. The van der Waals surface area contributed by atoms with Gasteiger partial charge in [-0.05, 0) is 6.07 Å². The van der Waals surface area contributed by atoms with E-state index in [4.69, 9.17) is 9.63 Å². The Bertz CT molecular complexity index is 569. The Morgan fingerprint density at radius 2 is 2.24 bits per heavy atom. The van der Waals surface area contributed by atoms with Gasteiger partial charge in [0, 0.05) is 11.6 Å². The summed E-state index contributed by atoms with van der Waals surface area (Å²) >= 11 is 0. The summed E-state index contributed by atoms with van der Waals surface area (Å²) in [7, 11) is 0. The molecule has 0 saturated heterocycles. The third-order valence-electron chi connectivity index (χ3n) is 1.95. The Hall–Kier alpha value is -2.35. The number of nitrogens with zero attached hydrogens (tertiary/aromatic N) is 3. The van der Waals surface area contributed by atoms with Crippen LogP contribution >= 0.6 is 0 Å². The number of non-ortho nitro benzene ring substituents is 1. The number of nitro benzene ring substituents is 1. The fraction of sp³-hybridized carbons (Fsp3) is 0.111. The molecule has 1 aromatic heterocycles. The van der Waals surface area contributed by atoms with Crippen molar-refractivity contribution < 1.29 is 18.9 Å². The van der Waals surface area contributed by atoms with E-state index in [0.717, 1.165) is 18.2 Å². The standard InChI is InChI=1S/C9H6FN3O4/c10-6-1-5(2-7(3-6)13(15)16)9-11-8(4-14)12-17-9/h1-3,14H,4H2. The van der Waals surface area contributed by atoms with Crippen molar-refractivity contribution in [2.45, 2.75) is 6.61 Å². The summed E-state index contributed by atoms with van der Waals surface area (Å²) in [5.41, 5.74) is -0.326. The molecule has 7 nitrogen and oxygen atoms in total. The predicted molar refractivity (Wildman–Crippen MR) is 52.3 cm³/mol. The third-order valence-corrected chi connectivity index (χ3v) is 1.95. The van der Waals surface area contributed by atoms with E-state index in [-0.39, 0.29) is 17.3 Å². The molecule has 8 heteroatoms. The minimum atomic E-state index is -0.780. The molecule has 0 spiro atoms. The largest absolute Gasteiger partial charge is 0.388 e. The summed E-state index contributed by atoms with van der Waals surface area (Å²) in [5, 5.41) is 22.6. The highest BCUT2D eigenvalue weighted by Gasteiger charge is 2.15. The van der Waals surface area contributed by atoms with E-state index in [1.807, 2.05) is 0 Å². The van der Waals surface area contributed by atoms with E-state index in [0.29, 0.717) is 0 Å².